The summed E-state index contributed by atoms with van der Waals surface area (Å²) in [5.74, 6) is -0.152. The predicted octanol–water partition coefficient (Wildman–Crippen LogP) is 4.28. The van der Waals surface area contributed by atoms with Crippen molar-refractivity contribution in [2.75, 3.05) is 12.4 Å². The molecule has 8 heteroatoms. The summed E-state index contributed by atoms with van der Waals surface area (Å²) in [4.78, 5) is 21.1. The van der Waals surface area contributed by atoms with Crippen molar-refractivity contribution in [1.29, 1.82) is 0 Å². The number of aliphatic imine (C=N–C) groups is 1. The van der Waals surface area contributed by atoms with Crippen LogP contribution in [0.25, 0.3) is 0 Å². The fourth-order valence-electron chi connectivity index (χ4n) is 2.46. The van der Waals surface area contributed by atoms with Crippen LogP contribution in [0.1, 0.15) is 15.9 Å². The molecule has 0 saturated carbocycles. The fourth-order valence-corrected chi connectivity index (χ4v) is 2.63. The number of anilines is 1. The van der Waals surface area contributed by atoms with E-state index in [1.54, 1.807) is 36.7 Å². The van der Waals surface area contributed by atoms with E-state index in [9.17, 15) is 9.18 Å². The maximum atomic E-state index is 13.1. The number of halogens is 2. The molecule has 0 radical (unpaired) electrons. The van der Waals surface area contributed by atoms with Gasteiger partial charge in [0.25, 0.3) is 5.91 Å². The van der Waals surface area contributed by atoms with E-state index in [-0.39, 0.29) is 12.5 Å². The molecule has 0 spiro atoms. The average Bonchev–Trinajstić information content (AvgIpc) is 2.73. The Balaban J connectivity index is 1.86. The van der Waals surface area contributed by atoms with Crippen LogP contribution in [-0.2, 0) is 6.54 Å². The molecule has 2 aromatic carbocycles. The fraction of sp³-hybridized carbons (Fsp3) is 0.0952. The molecular weight excluding hydrogens is 395 g/mol. The molecule has 1 heterocycles. The third kappa shape index (κ3) is 5.76. The summed E-state index contributed by atoms with van der Waals surface area (Å²) in [7, 11) is 1.53. The molecule has 0 atom stereocenters. The van der Waals surface area contributed by atoms with Crippen molar-refractivity contribution in [2.45, 2.75) is 6.54 Å². The molecule has 0 aliphatic carbocycles. The Bertz CT molecular complexity index is 1010. The van der Waals surface area contributed by atoms with Crippen LogP contribution in [0.5, 0.6) is 5.75 Å². The molecule has 29 heavy (non-hydrogen) atoms. The van der Waals surface area contributed by atoms with Gasteiger partial charge in [0.15, 0.2) is 0 Å². The van der Waals surface area contributed by atoms with Crippen molar-refractivity contribution >= 4 is 29.2 Å². The molecule has 0 unspecified atom stereocenters. The number of hydrogen-bond donors (Lipinski definition) is 2. The van der Waals surface area contributed by atoms with Crippen molar-refractivity contribution in [3.63, 3.8) is 0 Å². The summed E-state index contributed by atoms with van der Waals surface area (Å²) >= 11 is 6.08. The third-order valence-corrected chi connectivity index (χ3v) is 4.13. The number of nitrogens with zero attached hydrogens (tertiary/aromatic N) is 2. The lowest BCUT2D eigenvalue weighted by atomic mass is 10.2. The van der Waals surface area contributed by atoms with Gasteiger partial charge in [-0.3, -0.25) is 15.1 Å². The van der Waals surface area contributed by atoms with Gasteiger partial charge in [-0.25, -0.2) is 9.38 Å². The SMILES string of the molecule is COc1ccc(Cl)cc1NC(=NCc1cccnc1)NC(=O)c1ccc(F)cc1. The largest absolute Gasteiger partial charge is 0.495 e. The number of pyridine rings is 1. The van der Waals surface area contributed by atoms with Crippen LogP contribution in [0, 0.1) is 5.82 Å². The summed E-state index contributed by atoms with van der Waals surface area (Å²) in [6.07, 6.45) is 3.35. The van der Waals surface area contributed by atoms with Crippen LogP contribution in [0.4, 0.5) is 10.1 Å². The van der Waals surface area contributed by atoms with Crippen LogP contribution in [0.2, 0.25) is 5.02 Å². The van der Waals surface area contributed by atoms with Gasteiger partial charge in [0.05, 0.1) is 19.3 Å². The number of carbonyl (C=O) groups is 1. The van der Waals surface area contributed by atoms with Crippen molar-refractivity contribution < 1.29 is 13.9 Å². The number of benzene rings is 2. The standard InChI is InChI=1S/C21H18ClFN4O2/c1-29-19-9-6-16(22)11-18(19)26-21(25-13-14-3-2-10-24-12-14)27-20(28)15-4-7-17(23)8-5-15/h2-12H,13H2,1H3,(H2,25,26,27,28). The second-order valence-electron chi connectivity index (χ2n) is 5.96. The molecule has 148 valence electrons. The smallest absolute Gasteiger partial charge is 0.257 e. The molecule has 0 bridgehead atoms. The lowest BCUT2D eigenvalue weighted by Crippen LogP contribution is -2.36. The van der Waals surface area contributed by atoms with Gasteiger partial charge in [0.2, 0.25) is 5.96 Å². The number of hydrogen-bond acceptors (Lipinski definition) is 4. The molecule has 0 fully saturated rings. The monoisotopic (exact) mass is 412 g/mol. The van der Waals surface area contributed by atoms with Crippen molar-refractivity contribution in [3.8, 4) is 5.75 Å². The number of ether oxygens (including phenoxy) is 1. The number of aromatic nitrogens is 1. The molecule has 0 aliphatic rings. The van der Waals surface area contributed by atoms with Crippen molar-refractivity contribution in [3.05, 3.63) is 89.0 Å². The third-order valence-electron chi connectivity index (χ3n) is 3.90. The topological polar surface area (TPSA) is 75.6 Å². The van der Waals surface area contributed by atoms with Crippen LogP contribution in [-0.4, -0.2) is 24.0 Å². The summed E-state index contributed by atoms with van der Waals surface area (Å²) in [6.45, 7) is 0.281. The van der Waals surface area contributed by atoms with Gasteiger partial charge in [0, 0.05) is 23.0 Å². The summed E-state index contributed by atoms with van der Waals surface area (Å²) < 4.78 is 18.5. The Labute approximate surface area is 172 Å². The lowest BCUT2D eigenvalue weighted by molar-refractivity contribution is 0.0977. The zero-order valence-corrected chi connectivity index (χ0v) is 16.3. The average molecular weight is 413 g/mol. The Morgan fingerprint density at radius 3 is 2.69 bits per heavy atom. The molecule has 1 amide bonds. The first-order valence-corrected chi connectivity index (χ1v) is 9.04. The summed E-state index contributed by atoms with van der Waals surface area (Å²) in [5, 5.41) is 6.23. The Hall–Kier alpha value is -3.45. The van der Waals surface area contributed by atoms with Crippen LogP contribution in [0.15, 0.2) is 72.0 Å². The van der Waals surface area contributed by atoms with Gasteiger partial charge in [0.1, 0.15) is 11.6 Å². The molecule has 2 N–H and O–H groups in total. The van der Waals surface area contributed by atoms with Gasteiger partial charge in [-0.2, -0.15) is 0 Å². The van der Waals surface area contributed by atoms with Gasteiger partial charge >= 0.3 is 0 Å². The molecule has 1 aromatic heterocycles. The van der Waals surface area contributed by atoms with Gasteiger partial charge in [-0.05, 0) is 54.1 Å². The maximum Gasteiger partial charge on any atom is 0.257 e. The Morgan fingerprint density at radius 2 is 2.00 bits per heavy atom. The van der Waals surface area contributed by atoms with E-state index in [0.717, 1.165) is 5.56 Å². The highest BCUT2D eigenvalue weighted by Crippen LogP contribution is 2.27. The molecule has 0 saturated heterocycles. The van der Waals surface area contributed by atoms with Gasteiger partial charge < -0.3 is 10.1 Å². The zero-order valence-electron chi connectivity index (χ0n) is 15.5. The van der Waals surface area contributed by atoms with E-state index < -0.39 is 11.7 Å². The minimum absolute atomic E-state index is 0.184. The molecule has 3 rings (SSSR count). The number of methoxy groups -OCH3 is 1. The van der Waals surface area contributed by atoms with Crippen molar-refractivity contribution in [1.82, 2.24) is 10.3 Å². The Morgan fingerprint density at radius 1 is 1.21 bits per heavy atom. The van der Waals surface area contributed by atoms with E-state index in [1.807, 2.05) is 6.07 Å². The van der Waals surface area contributed by atoms with E-state index in [1.165, 1.54) is 31.4 Å². The zero-order chi connectivity index (χ0) is 20.6. The summed E-state index contributed by atoms with van der Waals surface area (Å²) in [5.41, 5.74) is 1.69. The first-order chi connectivity index (χ1) is 14.0. The Kier molecular flexibility index (Phi) is 6.76. The first-order valence-electron chi connectivity index (χ1n) is 8.66. The van der Waals surface area contributed by atoms with Gasteiger partial charge in [-0.15, -0.1) is 0 Å². The highest BCUT2D eigenvalue weighted by molar-refractivity contribution is 6.31. The number of carbonyl (C=O) groups excluding carboxylic acids is 1. The second kappa shape index (κ2) is 9.66. The lowest BCUT2D eigenvalue weighted by Gasteiger charge is -2.15. The minimum atomic E-state index is -0.441. The second-order valence-corrected chi connectivity index (χ2v) is 6.39. The van der Waals surface area contributed by atoms with E-state index >= 15 is 0 Å². The first kappa shape index (κ1) is 20.3. The maximum absolute atomic E-state index is 13.1. The van der Waals surface area contributed by atoms with E-state index in [4.69, 9.17) is 16.3 Å². The van der Waals surface area contributed by atoms with E-state index in [0.29, 0.717) is 22.0 Å². The number of nitrogens with one attached hydrogen (secondary N) is 2. The quantitative estimate of drug-likeness (QED) is 0.484. The highest BCUT2D eigenvalue weighted by Gasteiger charge is 2.12. The highest BCUT2D eigenvalue weighted by atomic mass is 35.5. The van der Waals surface area contributed by atoms with Crippen molar-refractivity contribution in [2.24, 2.45) is 4.99 Å². The number of guanidine groups is 1. The molecule has 6 nitrogen and oxygen atoms in total. The van der Waals surface area contributed by atoms with Gasteiger partial charge in [-0.1, -0.05) is 17.7 Å². The molecule has 3 aromatic rings. The number of amides is 1. The van der Waals surface area contributed by atoms with Crippen LogP contribution >= 0.6 is 11.6 Å². The van der Waals surface area contributed by atoms with E-state index in [2.05, 4.69) is 20.6 Å². The molecule has 0 aliphatic heterocycles. The molecular formula is C21H18ClFN4O2. The number of rotatable bonds is 5. The predicted molar refractivity (Wildman–Crippen MR) is 111 cm³/mol. The normalized spacial score (nSPS) is 11.1. The van der Waals surface area contributed by atoms with Crippen LogP contribution < -0.4 is 15.4 Å². The summed E-state index contributed by atoms with van der Waals surface area (Å²) in [6, 6.07) is 13.9. The minimum Gasteiger partial charge on any atom is -0.495 e. The van der Waals surface area contributed by atoms with Crippen LogP contribution in [0.3, 0.4) is 0 Å².